The van der Waals surface area contributed by atoms with Crippen LogP contribution in [0.25, 0.3) is 0 Å². The molecule has 0 aromatic carbocycles. The van der Waals surface area contributed by atoms with E-state index in [0.717, 1.165) is 18.8 Å². The summed E-state index contributed by atoms with van der Waals surface area (Å²) in [6.45, 7) is 0.335. The van der Waals surface area contributed by atoms with Gasteiger partial charge in [0.1, 0.15) is 0 Å². The highest BCUT2D eigenvalue weighted by molar-refractivity contribution is 5.79. The van der Waals surface area contributed by atoms with Gasteiger partial charge >= 0.3 is 5.97 Å². The number of carboxylic acids is 1. The van der Waals surface area contributed by atoms with Gasteiger partial charge in [0.05, 0.1) is 6.42 Å². The lowest BCUT2D eigenvalue weighted by molar-refractivity contribution is -0.141. The second kappa shape index (κ2) is 6.40. The largest absolute Gasteiger partial charge is 0.481 e. The summed E-state index contributed by atoms with van der Waals surface area (Å²) in [4.78, 5) is 24.7. The highest BCUT2D eigenvalue weighted by Gasteiger charge is 2.39. The van der Waals surface area contributed by atoms with E-state index in [1.165, 1.54) is 32.1 Å². The molecule has 108 valence electrons. The lowest BCUT2D eigenvalue weighted by atomic mass is 9.65. The molecule has 4 nitrogen and oxygen atoms in total. The standard InChI is InChI=1S/C15H25NO3/c1-16(10-9-14(17)18)15(19)13-8-4-6-11-5-2-3-7-12(11)13/h11-13H,2-10H2,1H3,(H,17,18). The molecule has 0 radical (unpaired) electrons. The average molecular weight is 267 g/mol. The predicted molar refractivity (Wildman–Crippen MR) is 72.7 cm³/mol. The zero-order valence-corrected chi connectivity index (χ0v) is 11.8. The van der Waals surface area contributed by atoms with Crippen LogP contribution in [-0.4, -0.2) is 35.5 Å². The van der Waals surface area contributed by atoms with Crippen molar-refractivity contribution in [2.75, 3.05) is 13.6 Å². The number of nitrogens with zero attached hydrogens (tertiary/aromatic N) is 1. The number of hydrogen-bond acceptors (Lipinski definition) is 2. The van der Waals surface area contributed by atoms with Gasteiger partial charge in [0.15, 0.2) is 0 Å². The van der Waals surface area contributed by atoms with Crippen LogP contribution in [0.4, 0.5) is 0 Å². The summed E-state index contributed by atoms with van der Waals surface area (Å²) in [6, 6.07) is 0. The van der Waals surface area contributed by atoms with Crippen LogP contribution in [0.3, 0.4) is 0 Å². The van der Waals surface area contributed by atoms with E-state index >= 15 is 0 Å². The Balaban J connectivity index is 1.94. The van der Waals surface area contributed by atoms with Crippen molar-refractivity contribution in [3.8, 4) is 0 Å². The van der Waals surface area contributed by atoms with Crippen LogP contribution in [0.1, 0.15) is 51.4 Å². The van der Waals surface area contributed by atoms with Gasteiger partial charge in [0.2, 0.25) is 5.91 Å². The van der Waals surface area contributed by atoms with Crippen molar-refractivity contribution in [2.45, 2.75) is 51.4 Å². The first kappa shape index (κ1) is 14.4. The number of carboxylic acid groups (broad SMARTS) is 1. The second-order valence-corrected chi connectivity index (χ2v) is 6.15. The van der Waals surface area contributed by atoms with Crippen molar-refractivity contribution in [3.63, 3.8) is 0 Å². The molecule has 0 aromatic heterocycles. The molecule has 2 aliphatic rings. The van der Waals surface area contributed by atoms with E-state index in [4.69, 9.17) is 5.11 Å². The number of carbonyl (C=O) groups excluding carboxylic acids is 1. The first-order valence-corrected chi connectivity index (χ1v) is 7.56. The lowest BCUT2D eigenvalue weighted by Crippen LogP contribution is -2.42. The van der Waals surface area contributed by atoms with E-state index in [1.54, 1.807) is 11.9 Å². The quantitative estimate of drug-likeness (QED) is 0.851. The predicted octanol–water partition coefficient (Wildman–Crippen LogP) is 2.53. The van der Waals surface area contributed by atoms with Gasteiger partial charge in [-0.05, 0) is 24.7 Å². The summed E-state index contributed by atoms with van der Waals surface area (Å²) < 4.78 is 0. The Morgan fingerprint density at radius 1 is 1.11 bits per heavy atom. The van der Waals surface area contributed by atoms with Crippen molar-refractivity contribution in [2.24, 2.45) is 17.8 Å². The number of amides is 1. The average Bonchev–Trinajstić information content (AvgIpc) is 2.43. The molecule has 2 rings (SSSR count). The Hall–Kier alpha value is -1.06. The maximum absolute atomic E-state index is 12.5. The van der Waals surface area contributed by atoms with Crippen molar-refractivity contribution in [1.29, 1.82) is 0 Å². The highest BCUT2D eigenvalue weighted by Crippen LogP contribution is 2.44. The smallest absolute Gasteiger partial charge is 0.305 e. The molecule has 4 heteroatoms. The molecular formula is C15H25NO3. The molecule has 0 saturated heterocycles. The van der Waals surface area contributed by atoms with Gasteiger partial charge in [-0.3, -0.25) is 9.59 Å². The summed E-state index contributed by atoms with van der Waals surface area (Å²) in [6.07, 6.45) is 8.53. The summed E-state index contributed by atoms with van der Waals surface area (Å²) >= 11 is 0. The van der Waals surface area contributed by atoms with E-state index < -0.39 is 5.97 Å². The molecule has 2 aliphatic carbocycles. The fourth-order valence-electron chi connectivity index (χ4n) is 3.90. The number of rotatable bonds is 4. The molecule has 0 spiro atoms. The van der Waals surface area contributed by atoms with Gasteiger partial charge in [-0.15, -0.1) is 0 Å². The van der Waals surface area contributed by atoms with Crippen molar-refractivity contribution in [3.05, 3.63) is 0 Å². The van der Waals surface area contributed by atoms with E-state index in [-0.39, 0.29) is 18.2 Å². The SMILES string of the molecule is CN(CCC(=O)O)C(=O)C1CCCC2CCCCC21. The van der Waals surface area contributed by atoms with Crippen molar-refractivity contribution in [1.82, 2.24) is 4.90 Å². The summed E-state index contributed by atoms with van der Waals surface area (Å²) in [7, 11) is 1.75. The third kappa shape index (κ3) is 3.48. The first-order chi connectivity index (χ1) is 9.09. The van der Waals surface area contributed by atoms with E-state index in [9.17, 15) is 9.59 Å². The van der Waals surface area contributed by atoms with Crippen LogP contribution < -0.4 is 0 Å². The Labute approximate surface area is 115 Å². The number of hydrogen-bond donors (Lipinski definition) is 1. The van der Waals surface area contributed by atoms with Gasteiger partial charge in [-0.25, -0.2) is 0 Å². The van der Waals surface area contributed by atoms with Crippen LogP contribution in [0, 0.1) is 17.8 Å². The molecule has 0 aromatic rings. The third-order valence-electron chi connectivity index (χ3n) is 4.93. The molecule has 2 saturated carbocycles. The monoisotopic (exact) mass is 267 g/mol. The fourth-order valence-corrected chi connectivity index (χ4v) is 3.90. The van der Waals surface area contributed by atoms with Crippen molar-refractivity contribution < 1.29 is 14.7 Å². The normalized spacial score (nSPS) is 30.5. The molecule has 0 bridgehead atoms. The summed E-state index contributed by atoms with van der Waals surface area (Å²) in [5.74, 6) is 0.793. The zero-order chi connectivity index (χ0) is 13.8. The number of carbonyl (C=O) groups is 2. The summed E-state index contributed by atoms with van der Waals surface area (Å²) in [5.41, 5.74) is 0. The van der Waals surface area contributed by atoms with Crippen LogP contribution in [0.2, 0.25) is 0 Å². The molecule has 2 fully saturated rings. The van der Waals surface area contributed by atoms with E-state index in [2.05, 4.69) is 0 Å². The fraction of sp³-hybridized carbons (Fsp3) is 0.867. The molecule has 0 aliphatic heterocycles. The van der Waals surface area contributed by atoms with Crippen LogP contribution in [0.15, 0.2) is 0 Å². The Kier molecular flexibility index (Phi) is 4.83. The molecule has 3 unspecified atom stereocenters. The maximum Gasteiger partial charge on any atom is 0.305 e. The number of aliphatic carboxylic acids is 1. The molecule has 19 heavy (non-hydrogen) atoms. The first-order valence-electron chi connectivity index (χ1n) is 7.56. The summed E-state index contributed by atoms with van der Waals surface area (Å²) in [5, 5.41) is 8.70. The number of fused-ring (bicyclic) bond motifs is 1. The van der Waals surface area contributed by atoms with Crippen LogP contribution in [-0.2, 0) is 9.59 Å². The Bertz CT molecular complexity index is 340. The maximum atomic E-state index is 12.5. The minimum atomic E-state index is -0.834. The van der Waals surface area contributed by atoms with Crippen LogP contribution in [0.5, 0.6) is 0 Å². The molecule has 1 amide bonds. The topological polar surface area (TPSA) is 57.6 Å². The van der Waals surface area contributed by atoms with Gasteiger partial charge in [0, 0.05) is 19.5 Å². The molecular weight excluding hydrogens is 242 g/mol. The Morgan fingerprint density at radius 2 is 1.79 bits per heavy atom. The molecule has 3 atom stereocenters. The lowest BCUT2D eigenvalue weighted by Gasteiger charge is -2.41. The molecule has 0 heterocycles. The minimum absolute atomic E-state index is 0.0447. The van der Waals surface area contributed by atoms with Crippen LogP contribution >= 0.6 is 0 Å². The van der Waals surface area contributed by atoms with Gasteiger partial charge in [0.25, 0.3) is 0 Å². The van der Waals surface area contributed by atoms with Gasteiger partial charge in [-0.2, -0.15) is 0 Å². The van der Waals surface area contributed by atoms with Gasteiger partial charge < -0.3 is 10.0 Å². The Morgan fingerprint density at radius 3 is 2.53 bits per heavy atom. The molecule has 1 N–H and O–H groups in total. The second-order valence-electron chi connectivity index (χ2n) is 6.15. The minimum Gasteiger partial charge on any atom is -0.481 e. The zero-order valence-electron chi connectivity index (χ0n) is 11.8. The van der Waals surface area contributed by atoms with Crippen molar-refractivity contribution >= 4 is 11.9 Å². The van der Waals surface area contributed by atoms with Gasteiger partial charge in [-0.1, -0.05) is 32.1 Å². The van der Waals surface area contributed by atoms with E-state index in [0.29, 0.717) is 12.5 Å². The van der Waals surface area contributed by atoms with E-state index in [1.807, 2.05) is 0 Å². The third-order valence-corrected chi connectivity index (χ3v) is 4.93. The highest BCUT2D eigenvalue weighted by atomic mass is 16.4.